The number of nitrogens with one attached hydrogen (secondary N) is 1. The van der Waals surface area contributed by atoms with Crippen LogP contribution >= 0.6 is 0 Å². The molecule has 0 fully saturated rings. The molecular formula is C16H14N4O3. The lowest BCUT2D eigenvalue weighted by atomic mass is 9.85. The Hall–Kier alpha value is -3.27. The number of hydrogen-bond donors (Lipinski definition) is 2. The zero-order valence-corrected chi connectivity index (χ0v) is 12.4. The van der Waals surface area contributed by atoms with Gasteiger partial charge < -0.3 is 20.2 Å². The number of aromatic amines is 1. The second-order valence-electron chi connectivity index (χ2n) is 4.88. The van der Waals surface area contributed by atoms with Gasteiger partial charge in [-0.2, -0.15) is 5.26 Å². The van der Waals surface area contributed by atoms with Crippen molar-refractivity contribution in [3.63, 3.8) is 0 Å². The van der Waals surface area contributed by atoms with Gasteiger partial charge in [0.25, 0.3) is 5.56 Å². The van der Waals surface area contributed by atoms with Gasteiger partial charge in [0.05, 0.1) is 24.4 Å². The first-order valence-electron chi connectivity index (χ1n) is 7.03. The van der Waals surface area contributed by atoms with Crippen LogP contribution in [0.1, 0.15) is 24.0 Å². The maximum Gasteiger partial charge on any atom is 0.258 e. The molecular weight excluding hydrogens is 296 g/mol. The molecule has 2 aromatic rings. The number of H-pyrrole nitrogens is 1. The summed E-state index contributed by atoms with van der Waals surface area (Å²) in [5.41, 5.74) is 6.63. The Morgan fingerprint density at radius 3 is 2.83 bits per heavy atom. The van der Waals surface area contributed by atoms with Crippen molar-refractivity contribution >= 4 is 0 Å². The van der Waals surface area contributed by atoms with E-state index < -0.39 is 5.92 Å². The van der Waals surface area contributed by atoms with Gasteiger partial charge in [0.1, 0.15) is 17.4 Å². The highest BCUT2D eigenvalue weighted by molar-refractivity contribution is 5.53. The van der Waals surface area contributed by atoms with Crippen LogP contribution in [0.3, 0.4) is 0 Å². The predicted molar refractivity (Wildman–Crippen MR) is 81.8 cm³/mol. The summed E-state index contributed by atoms with van der Waals surface area (Å²) in [5, 5.41) is 9.42. The fraction of sp³-hybridized carbons (Fsp3) is 0.188. The highest BCUT2D eigenvalue weighted by Crippen LogP contribution is 2.38. The highest BCUT2D eigenvalue weighted by Gasteiger charge is 2.33. The molecule has 1 aliphatic rings. The summed E-state index contributed by atoms with van der Waals surface area (Å²) in [7, 11) is 0. The Kier molecular flexibility index (Phi) is 3.73. The molecule has 0 saturated heterocycles. The van der Waals surface area contributed by atoms with Gasteiger partial charge in [-0.05, 0) is 24.6 Å². The molecule has 3 N–H and O–H groups in total. The third-order valence-electron chi connectivity index (χ3n) is 3.55. The Balaban J connectivity index is 2.16. The number of ether oxygens (including phenoxy) is 2. The summed E-state index contributed by atoms with van der Waals surface area (Å²) in [4.78, 5) is 18.7. The van der Waals surface area contributed by atoms with Gasteiger partial charge in [-0.3, -0.25) is 4.79 Å². The summed E-state index contributed by atoms with van der Waals surface area (Å²) in [6, 6.07) is 9.18. The van der Waals surface area contributed by atoms with E-state index in [1.54, 1.807) is 24.3 Å². The largest absolute Gasteiger partial charge is 0.494 e. The number of rotatable bonds is 3. The van der Waals surface area contributed by atoms with Gasteiger partial charge in [-0.25, -0.2) is 4.98 Å². The van der Waals surface area contributed by atoms with Gasteiger partial charge in [0.2, 0.25) is 11.8 Å². The van der Waals surface area contributed by atoms with Crippen molar-refractivity contribution in [2.45, 2.75) is 12.8 Å². The molecule has 23 heavy (non-hydrogen) atoms. The fourth-order valence-electron chi connectivity index (χ4n) is 2.55. The molecule has 2 heterocycles. The minimum Gasteiger partial charge on any atom is -0.494 e. The molecule has 1 aromatic carbocycles. The molecule has 0 radical (unpaired) electrons. The maximum atomic E-state index is 12.2. The van der Waals surface area contributed by atoms with E-state index in [-0.39, 0.29) is 28.5 Å². The zero-order valence-electron chi connectivity index (χ0n) is 12.4. The van der Waals surface area contributed by atoms with E-state index in [1.165, 1.54) is 6.33 Å². The van der Waals surface area contributed by atoms with Gasteiger partial charge >= 0.3 is 0 Å². The average Bonchev–Trinajstić information content (AvgIpc) is 2.55. The summed E-state index contributed by atoms with van der Waals surface area (Å²) < 4.78 is 10.7. The Bertz CT molecular complexity index is 862. The van der Waals surface area contributed by atoms with Crippen molar-refractivity contribution in [2.75, 3.05) is 6.61 Å². The van der Waals surface area contributed by atoms with Crippen LogP contribution in [0.2, 0.25) is 0 Å². The number of nitriles is 1. The summed E-state index contributed by atoms with van der Waals surface area (Å²) in [6.07, 6.45) is 1.24. The number of aromatic nitrogens is 2. The summed E-state index contributed by atoms with van der Waals surface area (Å²) in [5.74, 6) is 0.150. The number of allylic oxidation sites excluding steroid dienone is 1. The smallest absolute Gasteiger partial charge is 0.258 e. The SMILES string of the molecule is CCOc1ccc([C@@H]2C(C#N)=C(N)Oc3nc[nH]c(=O)c32)cc1. The molecule has 0 spiro atoms. The van der Waals surface area contributed by atoms with Gasteiger partial charge in [0.15, 0.2) is 0 Å². The second-order valence-corrected chi connectivity index (χ2v) is 4.88. The topological polar surface area (TPSA) is 114 Å². The molecule has 7 heteroatoms. The van der Waals surface area contributed by atoms with Crippen molar-refractivity contribution in [1.29, 1.82) is 5.26 Å². The normalized spacial score (nSPS) is 16.3. The summed E-state index contributed by atoms with van der Waals surface area (Å²) >= 11 is 0. The first kappa shape index (κ1) is 14.7. The van der Waals surface area contributed by atoms with Crippen LogP contribution in [0.4, 0.5) is 0 Å². The van der Waals surface area contributed by atoms with Crippen LogP contribution in [0.25, 0.3) is 0 Å². The monoisotopic (exact) mass is 310 g/mol. The van der Waals surface area contributed by atoms with Crippen molar-refractivity contribution in [1.82, 2.24) is 9.97 Å². The molecule has 7 nitrogen and oxygen atoms in total. The number of fused-ring (bicyclic) bond motifs is 1. The van der Waals surface area contributed by atoms with E-state index in [9.17, 15) is 10.1 Å². The molecule has 1 aliphatic heterocycles. The van der Waals surface area contributed by atoms with Crippen LogP contribution in [0.15, 0.2) is 46.8 Å². The molecule has 0 saturated carbocycles. The molecule has 1 atom stereocenters. The molecule has 0 bridgehead atoms. The molecule has 1 aromatic heterocycles. The van der Waals surface area contributed by atoms with E-state index in [2.05, 4.69) is 9.97 Å². The lowest BCUT2D eigenvalue weighted by molar-refractivity contribution is 0.340. The van der Waals surface area contributed by atoms with Crippen molar-refractivity contribution in [3.8, 4) is 17.7 Å². The van der Waals surface area contributed by atoms with Crippen molar-refractivity contribution in [2.24, 2.45) is 5.73 Å². The predicted octanol–water partition coefficient (Wildman–Crippen LogP) is 1.39. The van der Waals surface area contributed by atoms with Crippen LogP contribution in [0, 0.1) is 11.3 Å². The van der Waals surface area contributed by atoms with Gasteiger partial charge in [-0.15, -0.1) is 0 Å². The molecule has 0 unspecified atom stereocenters. The van der Waals surface area contributed by atoms with E-state index in [0.717, 1.165) is 5.56 Å². The minimum absolute atomic E-state index is 0.0445. The van der Waals surface area contributed by atoms with Crippen LogP contribution < -0.4 is 20.8 Å². The van der Waals surface area contributed by atoms with Crippen molar-refractivity contribution in [3.05, 3.63) is 63.5 Å². The van der Waals surface area contributed by atoms with Gasteiger partial charge in [0, 0.05) is 0 Å². The molecule has 3 rings (SSSR count). The quantitative estimate of drug-likeness (QED) is 0.885. The first-order valence-corrected chi connectivity index (χ1v) is 7.03. The standard InChI is InChI=1S/C16H14N4O3/c1-2-22-10-5-3-9(4-6-10)12-11(7-17)14(18)23-16-13(12)15(21)19-8-20-16/h3-6,8,12H,2,18H2,1H3,(H,19,20,21)/t12-/m1/s1. The maximum absolute atomic E-state index is 12.2. The Morgan fingerprint density at radius 2 is 2.17 bits per heavy atom. The number of benzene rings is 1. The number of hydrogen-bond acceptors (Lipinski definition) is 6. The molecule has 0 aliphatic carbocycles. The number of nitrogens with zero attached hydrogens (tertiary/aromatic N) is 2. The minimum atomic E-state index is -0.628. The average molecular weight is 310 g/mol. The third-order valence-corrected chi connectivity index (χ3v) is 3.55. The van der Waals surface area contributed by atoms with Crippen LogP contribution in [-0.2, 0) is 0 Å². The van der Waals surface area contributed by atoms with Gasteiger partial charge in [-0.1, -0.05) is 12.1 Å². The first-order chi connectivity index (χ1) is 11.2. The van der Waals surface area contributed by atoms with Crippen LogP contribution in [0.5, 0.6) is 11.6 Å². The third kappa shape index (κ3) is 2.51. The van der Waals surface area contributed by atoms with Crippen molar-refractivity contribution < 1.29 is 9.47 Å². The van der Waals surface area contributed by atoms with E-state index in [4.69, 9.17) is 15.2 Å². The van der Waals surface area contributed by atoms with E-state index in [1.807, 2.05) is 13.0 Å². The van der Waals surface area contributed by atoms with E-state index in [0.29, 0.717) is 12.4 Å². The number of nitrogens with two attached hydrogens (primary N) is 1. The van der Waals surface area contributed by atoms with Crippen LogP contribution in [-0.4, -0.2) is 16.6 Å². The lowest BCUT2D eigenvalue weighted by Gasteiger charge is -2.24. The second kappa shape index (κ2) is 5.85. The highest BCUT2D eigenvalue weighted by atomic mass is 16.5. The van der Waals surface area contributed by atoms with E-state index >= 15 is 0 Å². The fourth-order valence-corrected chi connectivity index (χ4v) is 2.55. The lowest BCUT2D eigenvalue weighted by Crippen LogP contribution is -2.28. The Labute approximate surface area is 132 Å². The molecule has 116 valence electrons. The summed E-state index contributed by atoms with van der Waals surface area (Å²) in [6.45, 7) is 2.45. The zero-order chi connectivity index (χ0) is 16.4. The Morgan fingerprint density at radius 1 is 1.43 bits per heavy atom. The molecule has 0 amide bonds.